The van der Waals surface area contributed by atoms with Gasteiger partial charge in [0.25, 0.3) is 6.43 Å². The molecule has 3 aromatic rings. The molecule has 0 atom stereocenters. The van der Waals surface area contributed by atoms with E-state index in [0.29, 0.717) is 55.0 Å². The van der Waals surface area contributed by atoms with Gasteiger partial charge in [0.2, 0.25) is 17.8 Å². The van der Waals surface area contributed by atoms with Gasteiger partial charge in [-0.2, -0.15) is 15.0 Å². The van der Waals surface area contributed by atoms with Crippen molar-refractivity contribution in [3.63, 3.8) is 0 Å². The summed E-state index contributed by atoms with van der Waals surface area (Å²) in [7, 11) is 1.50. The number of benzene rings is 1. The zero-order valence-corrected chi connectivity index (χ0v) is 25.3. The summed E-state index contributed by atoms with van der Waals surface area (Å²) in [5.41, 5.74) is 0.778. The van der Waals surface area contributed by atoms with E-state index >= 15 is 0 Å². The van der Waals surface area contributed by atoms with Crippen molar-refractivity contribution in [3.8, 4) is 11.7 Å². The largest absolute Gasteiger partial charge is 0.494 e. The van der Waals surface area contributed by atoms with E-state index in [4.69, 9.17) is 29.2 Å². The van der Waals surface area contributed by atoms with Crippen LogP contribution in [0, 0.1) is 0 Å². The topological polar surface area (TPSA) is 97.1 Å². The van der Waals surface area contributed by atoms with Gasteiger partial charge in [-0.1, -0.05) is 18.9 Å². The Morgan fingerprint density at radius 2 is 1.65 bits per heavy atom. The van der Waals surface area contributed by atoms with Gasteiger partial charge in [-0.25, -0.2) is 13.8 Å². The van der Waals surface area contributed by atoms with Crippen molar-refractivity contribution in [2.75, 3.05) is 95.7 Å². The molecule has 0 radical (unpaired) electrons. The van der Waals surface area contributed by atoms with Gasteiger partial charge in [-0.3, -0.25) is 13.8 Å². The molecule has 0 N–H and O–H groups in total. The molecule has 0 aliphatic carbocycles. The van der Waals surface area contributed by atoms with E-state index in [-0.39, 0.29) is 12.0 Å². The van der Waals surface area contributed by atoms with Crippen LogP contribution in [0.1, 0.15) is 31.5 Å². The van der Waals surface area contributed by atoms with E-state index in [0.717, 1.165) is 71.7 Å². The van der Waals surface area contributed by atoms with E-state index in [1.165, 1.54) is 11.7 Å². The molecule has 0 saturated carbocycles. The molecule has 3 fully saturated rings. The summed E-state index contributed by atoms with van der Waals surface area (Å²) >= 11 is 4.57. The standard InChI is InChI=1S/C28H39F2N9O3S/c1-40-22-5-2-4-21-23(22)31-25(24(29)30)39(21)28-33-26(36-14-18-42-19-15-36)32-27(34-28)38(20-6-10-37(43)11-7-20)9-3-8-35-12-16-41-17-13-35/h2,4-5,20,24,43H,3,6-19H2,1H3. The average Bonchev–Trinajstić information content (AvgIpc) is 3.45. The lowest BCUT2D eigenvalue weighted by atomic mass is 10.0. The summed E-state index contributed by atoms with van der Waals surface area (Å²) in [6, 6.07) is 5.37. The normalized spacial score (nSPS) is 19.4. The number of fused-ring (bicyclic) bond motifs is 1. The molecule has 0 bridgehead atoms. The summed E-state index contributed by atoms with van der Waals surface area (Å²) in [4.78, 5) is 25.6. The lowest BCUT2D eigenvalue weighted by Crippen LogP contribution is -2.45. The molecule has 0 spiro atoms. The van der Waals surface area contributed by atoms with Crippen LogP contribution in [0.5, 0.6) is 5.75 Å². The van der Waals surface area contributed by atoms with Crippen molar-refractivity contribution in [3.05, 3.63) is 24.0 Å². The average molecular weight is 620 g/mol. The number of imidazole rings is 1. The number of halogens is 2. The number of rotatable bonds is 10. The minimum atomic E-state index is -2.85. The number of ether oxygens (including phenoxy) is 3. The van der Waals surface area contributed by atoms with Crippen LogP contribution in [-0.2, 0) is 9.47 Å². The summed E-state index contributed by atoms with van der Waals surface area (Å²) in [5.74, 6) is 1.01. The number of alkyl halides is 2. The van der Waals surface area contributed by atoms with Crippen LogP contribution in [0.4, 0.5) is 20.7 Å². The number of hydrogen-bond acceptors (Lipinski definition) is 12. The van der Waals surface area contributed by atoms with Crippen LogP contribution in [0.25, 0.3) is 17.0 Å². The molecule has 5 heterocycles. The van der Waals surface area contributed by atoms with Crippen LogP contribution in [0.3, 0.4) is 0 Å². The number of hydrogen-bond donors (Lipinski definition) is 1. The van der Waals surface area contributed by atoms with Gasteiger partial charge in [0.05, 0.1) is 39.1 Å². The van der Waals surface area contributed by atoms with Crippen molar-refractivity contribution in [1.29, 1.82) is 0 Å². The lowest BCUT2D eigenvalue weighted by molar-refractivity contribution is 0.0375. The zero-order chi connectivity index (χ0) is 29.8. The van der Waals surface area contributed by atoms with Crippen LogP contribution in [0.15, 0.2) is 18.2 Å². The van der Waals surface area contributed by atoms with Crippen molar-refractivity contribution in [1.82, 2.24) is 33.7 Å². The first-order chi connectivity index (χ1) is 21.0. The summed E-state index contributed by atoms with van der Waals surface area (Å²) < 4.78 is 48.9. The van der Waals surface area contributed by atoms with E-state index in [1.807, 2.05) is 9.21 Å². The molecule has 3 aliphatic heterocycles. The number of methoxy groups -OCH3 is 1. The maximum absolute atomic E-state index is 14.5. The number of para-hydroxylation sites is 1. The van der Waals surface area contributed by atoms with E-state index in [2.05, 4.69) is 27.6 Å². The molecule has 2 aromatic heterocycles. The summed E-state index contributed by atoms with van der Waals surface area (Å²) in [6.07, 6.45) is -0.165. The number of morpholine rings is 2. The first-order valence-electron chi connectivity index (χ1n) is 14.9. The van der Waals surface area contributed by atoms with Crippen LogP contribution < -0.4 is 14.5 Å². The maximum atomic E-state index is 14.5. The fourth-order valence-corrected chi connectivity index (χ4v) is 6.22. The molecule has 234 valence electrons. The lowest BCUT2D eigenvalue weighted by Gasteiger charge is -2.38. The second-order valence-electron chi connectivity index (χ2n) is 11.0. The van der Waals surface area contributed by atoms with E-state index in [1.54, 1.807) is 18.2 Å². The van der Waals surface area contributed by atoms with Crippen LogP contribution in [-0.4, -0.2) is 126 Å². The predicted molar refractivity (Wildman–Crippen MR) is 162 cm³/mol. The number of aromatic nitrogens is 5. The Morgan fingerprint density at radius 1 is 0.953 bits per heavy atom. The Kier molecular flexibility index (Phi) is 9.72. The second-order valence-corrected chi connectivity index (χ2v) is 11.5. The van der Waals surface area contributed by atoms with Gasteiger partial charge in [0, 0.05) is 58.4 Å². The van der Waals surface area contributed by atoms with Gasteiger partial charge in [-0.15, -0.1) is 0 Å². The third kappa shape index (κ3) is 6.80. The minimum Gasteiger partial charge on any atom is -0.494 e. The molecular formula is C28H39F2N9O3S. The summed E-state index contributed by atoms with van der Waals surface area (Å²) in [6.45, 7) is 8.93. The molecule has 12 nitrogen and oxygen atoms in total. The van der Waals surface area contributed by atoms with Crippen molar-refractivity contribution >= 4 is 35.7 Å². The number of anilines is 2. The third-order valence-corrected chi connectivity index (χ3v) is 8.70. The molecule has 0 unspecified atom stereocenters. The fourth-order valence-electron chi connectivity index (χ4n) is 5.99. The Morgan fingerprint density at radius 3 is 2.35 bits per heavy atom. The van der Waals surface area contributed by atoms with Crippen molar-refractivity contribution < 1.29 is 23.0 Å². The molecule has 43 heavy (non-hydrogen) atoms. The predicted octanol–water partition coefficient (Wildman–Crippen LogP) is 2.83. The van der Waals surface area contributed by atoms with Gasteiger partial charge < -0.3 is 24.0 Å². The third-order valence-electron chi connectivity index (χ3n) is 8.30. The quantitative estimate of drug-likeness (QED) is 0.340. The molecule has 15 heteroatoms. The molecule has 1 aromatic carbocycles. The van der Waals surface area contributed by atoms with Crippen LogP contribution >= 0.6 is 12.8 Å². The first-order valence-corrected chi connectivity index (χ1v) is 15.3. The summed E-state index contributed by atoms with van der Waals surface area (Å²) in [5, 5.41) is 0. The van der Waals surface area contributed by atoms with Crippen molar-refractivity contribution in [2.45, 2.75) is 31.7 Å². The highest BCUT2D eigenvalue weighted by Gasteiger charge is 2.30. The molecule has 0 amide bonds. The molecular weight excluding hydrogens is 580 g/mol. The number of thiol groups is 1. The number of piperidine rings is 1. The first kappa shape index (κ1) is 30.2. The minimum absolute atomic E-state index is 0.113. The highest BCUT2D eigenvalue weighted by atomic mass is 32.1. The van der Waals surface area contributed by atoms with Crippen LogP contribution in [0.2, 0.25) is 0 Å². The van der Waals surface area contributed by atoms with Gasteiger partial charge in [0.15, 0.2) is 5.82 Å². The van der Waals surface area contributed by atoms with Gasteiger partial charge in [-0.05, 0) is 31.4 Å². The monoisotopic (exact) mass is 619 g/mol. The zero-order valence-electron chi connectivity index (χ0n) is 24.4. The molecule has 6 rings (SSSR count). The molecule has 3 aliphatic rings. The Hall–Kier alpha value is -2.85. The highest BCUT2D eigenvalue weighted by molar-refractivity contribution is 7.77. The van der Waals surface area contributed by atoms with E-state index in [9.17, 15) is 8.78 Å². The smallest absolute Gasteiger partial charge is 0.296 e. The fraction of sp³-hybridized carbons (Fsp3) is 0.643. The Balaban J connectivity index is 1.43. The Labute approximate surface area is 255 Å². The van der Waals surface area contributed by atoms with Crippen molar-refractivity contribution in [2.24, 2.45) is 0 Å². The number of nitrogens with zero attached hydrogens (tertiary/aromatic N) is 9. The Bertz CT molecular complexity index is 1360. The second kappa shape index (κ2) is 13.8. The van der Waals surface area contributed by atoms with Gasteiger partial charge in [0.1, 0.15) is 11.3 Å². The molecule has 3 saturated heterocycles. The maximum Gasteiger partial charge on any atom is 0.296 e. The van der Waals surface area contributed by atoms with Gasteiger partial charge >= 0.3 is 0 Å². The van der Waals surface area contributed by atoms with E-state index < -0.39 is 12.2 Å². The SMILES string of the molecule is COc1cccc2c1nc(C(F)F)n2-c1nc(N2CCOCC2)nc(N(CCCN2CCOCC2)C2CCN(S)CC2)n1. The highest BCUT2D eigenvalue weighted by Crippen LogP contribution is 2.33.